The second-order valence-electron chi connectivity index (χ2n) is 7.26. The zero-order chi connectivity index (χ0) is 18.1. The summed E-state index contributed by atoms with van der Waals surface area (Å²) in [4.78, 5) is 33.0. The molecule has 1 N–H and O–H groups in total. The maximum Gasteiger partial charge on any atom is 0.332 e. The van der Waals surface area contributed by atoms with Gasteiger partial charge in [-0.3, -0.25) is 4.79 Å². The van der Waals surface area contributed by atoms with Crippen LogP contribution < -0.4 is 4.90 Å². The Balaban J connectivity index is 1.69. The summed E-state index contributed by atoms with van der Waals surface area (Å²) in [7, 11) is 0. The maximum absolute atomic E-state index is 13.4. The molecule has 5 nitrogen and oxygen atoms in total. The van der Waals surface area contributed by atoms with E-state index in [0.29, 0.717) is 12.2 Å². The Kier molecular flexibility index (Phi) is 2.91. The van der Waals surface area contributed by atoms with Gasteiger partial charge in [-0.2, -0.15) is 0 Å². The number of fused-ring (bicyclic) bond motifs is 5. The fourth-order valence-corrected chi connectivity index (χ4v) is 4.31. The lowest BCUT2D eigenvalue weighted by Gasteiger charge is -2.35. The average molecular weight is 345 g/mol. The van der Waals surface area contributed by atoms with E-state index in [9.17, 15) is 9.59 Å². The van der Waals surface area contributed by atoms with Crippen molar-refractivity contribution in [3.05, 3.63) is 65.4 Å². The number of hydrogen-bond acceptors (Lipinski definition) is 2. The number of urea groups is 1. The number of rotatable bonds is 1. The highest BCUT2D eigenvalue weighted by molar-refractivity contribution is 6.23. The van der Waals surface area contributed by atoms with Crippen LogP contribution in [0.25, 0.3) is 10.9 Å². The number of carbonyl (C=O) groups is 2. The van der Waals surface area contributed by atoms with E-state index in [1.165, 1.54) is 4.90 Å². The molecule has 1 atom stereocenters. The van der Waals surface area contributed by atoms with Crippen molar-refractivity contribution in [2.75, 3.05) is 11.4 Å². The third-order valence-corrected chi connectivity index (χ3v) is 5.76. The lowest BCUT2D eigenvalue weighted by molar-refractivity contribution is -0.125. The van der Waals surface area contributed by atoms with Crippen LogP contribution in [0.3, 0.4) is 0 Å². The summed E-state index contributed by atoms with van der Waals surface area (Å²) in [5.41, 5.74) is 3.72. The molecule has 0 radical (unpaired) electrons. The second-order valence-corrected chi connectivity index (χ2v) is 7.26. The predicted molar refractivity (Wildman–Crippen MR) is 100 cm³/mol. The van der Waals surface area contributed by atoms with Gasteiger partial charge >= 0.3 is 6.03 Å². The van der Waals surface area contributed by atoms with Crippen molar-refractivity contribution in [2.45, 2.75) is 25.8 Å². The van der Waals surface area contributed by atoms with Crippen LogP contribution in [0, 0.1) is 6.92 Å². The smallest absolute Gasteiger partial charge is 0.332 e. The Morgan fingerprint density at radius 2 is 1.77 bits per heavy atom. The molecule has 1 aromatic heterocycles. The minimum Gasteiger partial charge on any atom is -0.356 e. The van der Waals surface area contributed by atoms with E-state index in [0.717, 1.165) is 34.1 Å². The molecule has 1 saturated heterocycles. The highest BCUT2D eigenvalue weighted by atomic mass is 16.2. The molecule has 3 amide bonds. The van der Waals surface area contributed by atoms with Crippen LogP contribution in [0.15, 0.2) is 48.5 Å². The Morgan fingerprint density at radius 1 is 1.04 bits per heavy atom. The monoisotopic (exact) mass is 345 g/mol. The van der Waals surface area contributed by atoms with Crippen molar-refractivity contribution in [3.8, 4) is 0 Å². The molecule has 130 valence electrons. The van der Waals surface area contributed by atoms with Gasteiger partial charge in [0.1, 0.15) is 0 Å². The molecule has 0 bridgehead atoms. The minimum absolute atomic E-state index is 0.196. The van der Waals surface area contributed by atoms with Gasteiger partial charge in [-0.25, -0.2) is 9.69 Å². The fraction of sp³-hybridized carbons (Fsp3) is 0.238. The molecule has 3 heterocycles. The zero-order valence-corrected chi connectivity index (χ0v) is 14.7. The van der Waals surface area contributed by atoms with Gasteiger partial charge in [0.05, 0.1) is 11.4 Å². The van der Waals surface area contributed by atoms with Crippen LogP contribution in [-0.4, -0.2) is 28.4 Å². The van der Waals surface area contributed by atoms with E-state index in [1.807, 2.05) is 56.3 Å². The molecule has 0 saturated carbocycles. The summed E-state index contributed by atoms with van der Waals surface area (Å²) in [5.74, 6) is -0.196. The van der Waals surface area contributed by atoms with Crippen molar-refractivity contribution >= 4 is 28.5 Å². The Labute approximate surface area is 151 Å². The summed E-state index contributed by atoms with van der Waals surface area (Å²) in [6.45, 7) is 4.38. The van der Waals surface area contributed by atoms with Crippen LogP contribution in [0.4, 0.5) is 10.5 Å². The fourth-order valence-electron chi connectivity index (χ4n) is 4.31. The molecule has 2 aliphatic rings. The van der Waals surface area contributed by atoms with E-state index in [4.69, 9.17) is 0 Å². The second kappa shape index (κ2) is 4.97. The van der Waals surface area contributed by atoms with Gasteiger partial charge in [0.25, 0.3) is 5.91 Å². The SMILES string of the molecule is Cc1ccc(N2C(=O)N3CCc4c([nH]c5ccccc45)[C@@]3(C)C2=O)cc1. The first-order valence-corrected chi connectivity index (χ1v) is 8.84. The number of carbonyl (C=O) groups excluding carboxylic acids is 2. The van der Waals surface area contributed by atoms with E-state index >= 15 is 0 Å². The number of nitrogens with one attached hydrogen (secondary N) is 1. The van der Waals surface area contributed by atoms with E-state index in [-0.39, 0.29) is 11.9 Å². The molecule has 0 spiro atoms. The van der Waals surface area contributed by atoms with Crippen LogP contribution in [-0.2, 0) is 16.8 Å². The van der Waals surface area contributed by atoms with Crippen molar-refractivity contribution in [1.29, 1.82) is 0 Å². The number of aryl methyl sites for hydroxylation is 1. The summed E-state index contributed by atoms with van der Waals surface area (Å²) in [6, 6.07) is 15.3. The van der Waals surface area contributed by atoms with Gasteiger partial charge in [-0.1, -0.05) is 35.9 Å². The van der Waals surface area contributed by atoms with E-state index in [2.05, 4.69) is 11.1 Å². The van der Waals surface area contributed by atoms with Gasteiger partial charge in [-0.15, -0.1) is 0 Å². The van der Waals surface area contributed by atoms with Gasteiger partial charge in [0.15, 0.2) is 5.54 Å². The van der Waals surface area contributed by atoms with Crippen LogP contribution in [0.2, 0.25) is 0 Å². The van der Waals surface area contributed by atoms with Gasteiger partial charge in [0, 0.05) is 17.4 Å². The number of benzene rings is 2. The standard InChI is InChI=1S/C21H19N3O2/c1-13-7-9-14(10-8-13)24-19(25)21(2)18-16(11-12-23(21)20(24)26)15-5-3-4-6-17(15)22-18/h3-10,22H,11-12H2,1-2H3/t21-/m0/s1. The molecule has 5 heteroatoms. The highest BCUT2D eigenvalue weighted by Crippen LogP contribution is 2.45. The van der Waals surface area contributed by atoms with Gasteiger partial charge in [-0.05, 0) is 44.0 Å². The van der Waals surface area contributed by atoms with Crippen LogP contribution >= 0.6 is 0 Å². The van der Waals surface area contributed by atoms with Gasteiger partial charge in [0.2, 0.25) is 0 Å². The summed E-state index contributed by atoms with van der Waals surface area (Å²) in [6.07, 6.45) is 0.746. The average Bonchev–Trinajstić information content (AvgIpc) is 3.11. The third-order valence-electron chi connectivity index (χ3n) is 5.76. The normalized spacial score (nSPS) is 22.1. The first kappa shape index (κ1) is 15.2. The van der Waals surface area contributed by atoms with Crippen molar-refractivity contribution in [2.24, 2.45) is 0 Å². The van der Waals surface area contributed by atoms with E-state index < -0.39 is 5.54 Å². The lowest BCUT2D eigenvalue weighted by Crippen LogP contribution is -2.49. The molecule has 0 aliphatic carbocycles. The molecule has 2 aromatic carbocycles. The molecular weight excluding hydrogens is 326 g/mol. The number of aromatic nitrogens is 1. The van der Waals surface area contributed by atoms with Crippen LogP contribution in [0.1, 0.15) is 23.7 Å². The number of nitrogens with zero attached hydrogens (tertiary/aromatic N) is 2. The molecule has 5 rings (SSSR count). The third kappa shape index (κ3) is 1.75. The number of hydrogen-bond donors (Lipinski definition) is 1. The Hall–Kier alpha value is -3.08. The topological polar surface area (TPSA) is 56.4 Å². The molecule has 3 aromatic rings. The largest absolute Gasteiger partial charge is 0.356 e. The zero-order valence-electron chi connectivity index (χ0n) is 14.7. The van der Waals surface area contributed by atoms with Crippen molar-refractivity contribution in [3.63, 3.8) is 0 Å². The molecule has 2 aliphatic heterocycles. The highest BCUT2D eigenvalue weighted by Gasteiger charge is 2.58. The number of aromatic amines is 1. The predicted octanol–water partition coefficient (Wildman–Crippen LogP) is 3.72. The quantitative estimate of drug-likeness (QED) is 0.684. The van der Waals surface area contributed by atoms with Gasteiger partial charge < -0.3 is 9.88 Å². The molecule has 0 unspecified atom stereocenters. The first-order chi connectivity index (χ1) is 12.5. The van der Waals surface area contributed by atoms with Crippen molar-refractivity contribution in [1.82, 2.24) is 9.88 Å². The molecular formula is C21H19N3O2. The number of imide groups is 1. The lowest BCUT2D eigenvalue weighted by atomic mass is 9.87. The summed E-state index contributed by atoms with van der Waals surface area (Å²) < 4.78 is 0. The summed E-state index contributed by atoms with van der Waals surface area (Å²) >= 11 is 0. The Bertz CT molecular complexity index is 1070. The number of para-hydroxylation sites is 1. The van der Waals surface area contributed by atoms with Crippen molar-refractivity contribution < 1.29 is 9.59 Å². The minimum atomic E-state index is -0.991. The molecule has 26 heavy (non-hydrogen) atoms. The maximum atomic E-state index is 13.4. The first-order valence-electron chi connectivity index (χ1n) is 8.84. The number of amides is 3. The Morgan fingerprint density at radius 3 is 2.54 bits per heavy atom. The summed E-state index contributed by atoms with van der Waals surface area (Å²) in [5, 5.41) is 1.14. The number of H-pyrrole nitrogens is 1. The number of anilines is 1. The van der Waals surface area contributed by atoms with E-state index in [1.54, 1.807) is 4.90 Å². The molecule has 1 fully saturated rings. The van der Waals surface area contributed by atoms with Crippen LogP contribution in [0.5, 0.6) is 0 Å².